The van der Waals surface area contributed by atoms with Crippen molar-refractivity contribution in [3.8, 4) is 0 Å². The van der Waals surface area contributed by atoms with Crippen LogP contribution in [0.25, 0.3) is 0 Å². The van der Waals surface area contributed by atoms with Crippen LogP contribution in [-0.4, -0.2) is 38.0 Å². The summed E-state index contributed by atoms with van der Waals surface area (Å²) in [5.74, 6) is -3.10. The molecule has 1 atom stereocenters. The molecule has 0 radical (unpaired) electrons. The second-order valence-corrected chi connectivity index (χ2v) is 7.41. The van der Waals surface area contributed by atoms with Crippen molar-refractivity contribution in [1.29, 1.82) is 0 Å². The van der Waals surface area contributed by atoms with Crippen molar-refractivity contribution in [2.24, 2.45) is 0 Å². The third kappa shape index (κ3) is 3.18. The summed E-state index contributed by atoms with van der Waals surface area (Å²) >= 11 is 2.99. The maximum atomic E-state index is 14.1. The molecule has 8 heteroatoms. The number of benzene rings is 1. The Balaban J connectivity index is 2.42. The molecule has 1 N–H and O–H groups in total. The first-order valence-electron chi connectivity index (χ1n) is 5.88. The highest BCUT2D eigenvalue weighted by Crippen LogP contribution is 2.27. The lowest BCUT2D eigenvalue weighted by Gasteiger charge is -2.12. The van der Waals surface area contributed by atoms with Crippen LogP contribution in [0.2, 0.25) is 0 Å². The molecule has 20 heavy (non-hydrogen) atoms. The molecule has 1 aromatic carbocycles. The van der Waals surface area contributed by atoms with Gasteiger partial charge in [0.15, 0.2) is 15.7 Å². The maximum absolute atomic E-state index is 14.1. The number of carboxylic acids is 1. The number of carbonyl (C=O) groups is 1. The van der Waals surface area contributed by atoms with Crippen LogP contribution >= 0.6 is 15.9 Å². The highest BCUT2D eigenvalue weighted by atomic mass is 79.9. The van der Waals surface area contributed by atoms with E-state index in [1.807, 2.05) is 0 Å². The number of sulfone groups is 1. The number of hydrogen-bond acceptors (Lipinski definition) is 4. The summed E-state index contributed by atoms with van der Waals surface area (Å²) in [6, 6.07) is 2.11. The van der Waals surface area contributed by atoms with Crippen LogP contribution in [0.4, 0.5) is 4.39 Å². The monoisotopic (exact) mass is 366 g/mol. The molecule has 2 rings (SSSR count). The number of hydrogen-bond donors (Lipinski definition) is 1. The summed E-state index contributed by atoms with van der Waals surface area (Å²) in [7, 11) is -3.95. The van der Waals surface area contributed by atoms with Crippen molar-refractivity contribution < 1.29 is 27.4 Å². The van der Waals surface area contributed by atoms with Crippen LogP contribution < -0.4 is 0 Å². The lowest BCUT2D eigenvalue weighted by molar-refractivity contribution is 0.0691. The van der Waals surface area contributed by atoms with Crippen LogP contribution in [0.15, 0.2) is 21.5 Å². The minimum atomic E-state index is -3.95. The van der Waals surface area contributed by atoms with Gasteiger partial charge in [-0.25, -0.2) is 17.6 Å². The molecule has 1 aliphatic rings. The van der Waals surface area contributed by atoms with E-state index in [-0.39, 0.29) is 10.2 Å². The minimum absolute atomic E-state index is 0.196. The molecule has 1 unspecified atom stereocenters. The average Bonchev–Trinajstić information content (AvgIpc) is 2.83. The van der Waals surface area contributed by atoms with E-state index in [1.54, 1.807) is 0 Å². The Bertz CT molecular complexity index is 637. The van der Waals surface area contributed by atoms with Crippen molar-refractivity contribution in [2.75, 3.05) is 12.4 Å². The van der Waals surface area contributed by atoms with Gasteiger partial charge in [-0.2, -0.15) is 0 Å². The normalized spacial score (nSPS) is 19.2. The third-order valence-electron chi connectivity index (χ3n) is 3.00. The first kappa shape index (κ1) is 15.4. The zero-order valence-electron chi connectivity index (χ0n) is 10.3. The van der Waals surface area contributed by atoms with E-state index in [9.17, 15) is 17.6 Å². The van der Waals surface area contributed by atoms with Gasteiger partial charge in [0, 0.05) is 11.1 Å². The number of rotatable bonds is 4. The summed E-state index contributed by atoms with van der Waals surface area (Å²) in [6.07, 6.45) is 0.897. The molecule has 0 spiro atoms. The van der Waals surface area contributed by atoms with Gasteiger partial charge in [-0.15, -0.1) is 0 Å². The Morgan fingerprint density at radius 3 is 2.75 bits per heavy atom. The first-order chi connectivity index (χ1) is 9.31. The highest BCUT2D eigenvalue weighted by molar-refractivity contribution is 9.10. The van der Waals surface area contributed by atoms with Gasteiger partial charge >= 0.3 is 5.97 Å². The molecule has 5 nitrogen and oxygen atoms in total. The van der Waals surface area contributed by atoms with Gasteiger partial charge in [-0.05, 0) is 25.0 Å². The lowest BCUT2D eigenvalue weighted by Crippen LogP contribution is -2.22. The average molecular weight is 367 g/mol. The Hall–Kier alpha value is -0.990. The van der Waals surface area contributed by atoms with Crippen LogP contribution in [0, 0.1) is 5.82 Å². The smallest absolute Gasteiger partial charge is 0.338 e. The van der Waals surface area contributed by atoms with Crippen LogP contribution in [-0.2, 0) is 14.6 Å². The van der Waals surface area contributed by atoms with Crippen LogP contribution in [0.3, 0.4) is 0 Å². The van der Waals surface area contributed by atoms with Crippen molar-refractivity contribution in [1.82, 2.24) is 0 Å². The molecular weight excluding hydrogens is 355 g/mol. The zero-order valence-corrected chi connectivity index (χ0v) is 12.7. The number of halogens is 2. The van der Waals surface area contributed by atoms with Crippen molar-refractivity contribution >= 4 is 31.7 Å². The van der Waals surface area contributed by atoms with E-state index in [1.165, 1.54) is 0 Å². The first-order valence-corrected chi connectivity index (χ1v) is 8.32. The molecule has 1 heterocycles. The Morgan fingerprint density at radius 2 is 2.20 bits per heavy atom. The van der Waals surface area contributed by atoms with Crippen molar-refractivity contribution in [3.05, 3.63) is 28.0 Å². The molecule has 0 aromatic heterocycles. The molecule has 1 saturated heterocycles. The summed E-state index contributed by atoms with van der Waals surface area (Å²) in [4.78, 5) is 10.3. The molecule has 0 amide bonds. The Kier molecular flexibility index (Phi) is 4.46. The maximum Gasteiger partial charge on any atom is 0.338 e. The Morgan fingerprint density at radius 1 is 1.50 bits per heavy atom. The van der Waals surface area contributed by atoms with Gasteiger partial charge < -0.3 is 9.84 Å². The van der Waals surface area contributed by atoms with Gasteiger partial charge in [0.1, 0.15) is 4.90 Å². The van der Waals surface area contributed by atoms with E-state index in [4.69, 9.17) is 9.84 Å². The van der Waals surface area contributed by atoms with Crippen LogP contribution in [0.1, 0.15) is 23.2 Å². The molecule has 0 aliphatic carbocycles. The molecule has 1 fully saturated rings. The van der Waals surface area contributed by atoms with E-state index in [2.05, 4.69) is 15.9 Å². The zero-order chi connectivity index (χ0) is 14.9. The van der Waals surface area contributed by atoms with Gasteiger partial charge in [0.05, 0.1) is 17.4 Å². The quantitative estimate of drug-likeness (QED) is 0.883. The largest absolute Gasteiger partial charge is 0.478 e. The molecule has 110 valence electrons. The van der Waals surface area contributed by atoms with E-state index in [0.717, 1.165) is 18.6 Å². The highest BCUT2D eigenvalue weighted by Gasteiger charge is 2.29. The number of carboxylic acid groups (broad SMARTS) is 1. The number of ether oxygens (including phenoxy) is 1. The van der Waals surface area contributed by atoms with Crippen LogP contribution in [0.5, 0.6) is 0 Å². The lowest BCUT2D eigenvalue weighted by atomic mass is 10.2. The molecule has 1 aromatic rings. The topological polar surface area (TPSA) is 80.7 Å². The Labute approximate surface area is 123 Å². The van der Waals surface area contributed by atoms with E-state index >= 15 is 0 Å². The second kappa shape index (κ2) is 5.79. The molecule has 1 aliphatic heterocycles. The summed E-state index contributed by atoms with van der Waals surface area (Å²) < 4.78 is 43.9. The van der Waals surface area contributed by atoms with Gasteiger partial charge in [0.2, 0.25) is 0 Å². The molecular formula is C12H12BrFO5S. The molecule has 0 bridgehead atoms. The summed E-state index contributed by atoms with van der Waals surface area (Å²) in [5, 5.41) is 8.88. The standard InChI is InChI=1S/C12H12BrFO5S/c13-7-4-9(12(15)16)11(14)10(5-7)20(17,18)6-8-2-1-3-19-8/h4-5,8H,1-3,6H2,(H,15,16). The second-order valence-electron chi connectivity index (χ2n) is 4.49. The van der Waals surface area contributed by atoms with Gasteiger partial charge in [0.25, 0.3) is 0 Å². The summed E-state index contributed by atoms with van der Waals surface area (Å²) in [6.45, 7) is 0.488. The van der Waals surface area contributed by atoms with E-state index in [0.29, 0.717) is 13.0 Å². The predicted molar refractivity (Wildman–Crippen MR) is 72.1 cm³/mol. The third-order valence-corrected chi connectivity index (χ3v) is 5.23. The fourth-order valence-electron chi connectivity index (χ4n) is 2.06. The fraction of sp³-hybridized carbons (Fsp3) is 0.417. The van der Waals surface area contributed by atoms with Gasteiger partial charge in [-0.1, -0.05) is 15.9 Å². The van der Waals surface area contributed by atoms with E-state index < -0.39 is 38.2 Å². The minimum Gasteiger partial charge on any atom is -0.478 e. The fourth-order valence-corrected chi connectivity index (χ4v) is 4.29. The van der Waals surface area contributed by atoms with Gasteiger partial charge in [-0.3, -0.25) is 0 Å². The van der Waals surface area contributed by atoms with Crippen molar-refractivity contribution in [3.63, 3.8) is 0 Å². The summed E-state index contributed by atoms with van der Waals surface area (Å²) in [5.41, 5.74) is -0.676. The number of aromatic carboxylic acids is 1. The SMILES string of the molecule is O=C(O)c1cc(Br)cc(S(=O)(=O)CC2CCCO2)c1F. The predicted octanol–water partition coefficient (Wildman–Crippen LogP) is 2.24. The molecule has 0 saturated carbocycles. The van der Waals surface area contributed by atoms with Crippen molar-refractivity contribution in [2.45, 2.75) is 23.8 Å².